The molecular formula is C14H16N6. The topological polar surface area (TPSA) is 90.7 Å². The minimum atomic E-state index is 0.0383. The highest BCUT2D eigenvalue weighted by molar-refractivity contribution is 6.12. The zero-order valence-electron chi connectivity index (χ0n) is 11.1. The normalized spacial score (nSPS) is 20.4. The lowest BCUT2D eigenvalue weighted by Gasteiger charge is -2.10. The van der Waals surface area contributed by atoms with Crippen LogP contribution in [0.1, 0.15) is 30.7 Å². The van der Waals surface area contributed by atoms with Crippen LogP contribution in [0.5, 0.6) is 0 Å². The van der Waals surface area contributed by atoms with Crippen LogP contribution >= 0.6 is 0 Å². The molecule has 2 aromatic rings. The number of tetrazole rings is 1. The summed E-state index contributed by atoms with van der Waals surface area (Å²) < 4.78 is 0. The summed E-state index contributed by atoms with van der Waals surface area (Å²) in [7, 11) is 0. The summed E-state index contributed by atoms with van der Waals surface area (Å²) in [6, 6.07) is 10.2. The fraction of sp³-hybridized carbons (Fsp3) is 0.357. The minimum Gasteiger partial charge on any atom is -0.301 e. The van der Waals surface area contributed by atoms with Gasteiger partial charge in [0.15, 0.2) is 0 Å². The Hall–Kier alpha value is -2.37. The fourth-order valence-electron chi connectivity index (χ4n) is 2.54. The van der Waals surface area contributed by atoms with Gasteiger partial charge in [-0.1, -0.05) is 30.3 Å². The SMILES string of the molecule is N=C(c1nn[nH]n1)C1CCCC1=NCc1ccccc1. The van der Waals surface area contributed by atoms with E-state index in [0.717, 1.165) is 25.0 Å². The van der Waals surface area contributed by atoms with Crippen molar-refractivity contribution in [2.45, 2.75) is 25.8 Å². The molecule has 0 aliphatic heterocycles. The Bertz CT molecular complexity index is 602. The van der Waals surface area contributed by atoms with Gasteiger partial charge in [0.05, 0.1) is 12.3 Å². The maximum absolute atomic E-state index is 8.19. The summed E-state index contributed by atoms with van der Waals surface area (Å²) in [6.07, 6.45) is 2.97. The van der Waals surface area contributed by atoms with E-state index >= 15 is 0 Å². The van der Waals surface area contributed by atoms with Gasteiger partial charge < -0.3 is 5.41 Å². The molecule has 20 heavy (non-hydrogen) atoms. The van der Waals surface area contributed by atoms with E-state index in [4.69, 9.17) is 10.4 Å². The first-order chi connectivity index (χ1) is 9.84. The Kier molecular flexibility index (Phi) is 3.62. The predicted octanol–water partition coefficient (Wildman–Crippen LogP) is 2.01. The lowest BCUT2D eigenvalue weighted by atomic mass is 9.99. The molecular weight excluding hydrogens is 252 g/mol. The van der Waals surface area contributed by atoms with E-state index in [1.807, 2.05) is 18.2 Å². The predicted molar refractivity (Wildman–Crippen MR) is 75.9 cm³/mol. The molecule has 102 valence electrons. The van der Waals surface area contributed by atoms with Gasteiger partial charge in [0, 0.05) is 11.6 Å². The summed E-state index contributed by atoms with van der Waals surface area (Å²) in [5.41, 5.74) is 2.70. The van der Waals surface area contributed by atoms with Crippen molar-refractivity contribution in [3.63, 3.8) is 0 Å². The molecule has 0 saturated heterocycles. The van der Waals surface area contributed by atoms with Crippen molar-refractivity contribution >= 4 is 11.4 Å². The second-order valence-electron chi connectivity index (χ2n) is 4.89. The summed E-state index contributed by atoms with van der Waals surface area (Å²) in [6.45, 7) is 0.673. The number of benzene rings is 1. The molecule has 6 heteroatoms. The van der Waals surface area contributed by atoms with E-state index in [9.17, 15) is 0 Å². The van der Waals surface area contributed by atoms with E-state index in [1.54, 1.807) is 0 Å². The monoisotopic (exact) mass is 268 g/mol. The summed E-state index contributed by atoms with van der Waals surface area (Å²) in [5.74, 6) is 0.417. The first-order valence-electron chi connectivity index (χ1n) is 6.74. The zero-order valence-corrected chi connectivity index (χ0v) is 11.1. The Morgan fingerprint density at radius 3 is 2.95 bits per heavy atom. The van der Waals surface area contributed by atoms with Crippen LogP contribution in [0.4, 0.5) is 0 Å². The van der Waals surface area contributed by atoms with Crippen LogP contribution in [-0.2, 0) is 6.54 Å². The van der Waals surface area contributed by atoms with Gasteiger partial charge in [0.2, 0.25) is 5.82 Å². The van der Waals surface area contributed by atoms with Gasteiger partial charge >= 0.3 is 0 Å². The maximum atomic E-state index is 8.19. The number of hydrogen-bond donors (Lipinski definition) is 2. The molecule has 3 rings (SSSR count). The molecule has 0 spiro atoms. The molecule has 1 aromatic heterocycles. The van der Waals surface area contributed by atoms with Gasteiger partial charge in [0.1, 0.15) is 0 Å². The van der Waals surface area contributed by atoms with Gasteiger partial charge in [-0.3, -0.25) is 4.99 Å². The van der Waals surface area contributed by atoms with Crippen molar-refractivity contribution in [1.29, 1.82) is 5.41 Å². The first kappa shape index (κ1) is 12.7. The van der Waals surface area contributed by atoms with Gasteiger partial charge in [-0.05, 0) is 30.0 Å². The van der Waals surface area contributed by atoms with E-state index in [1.165, 1.54) is 5.56 Å². The summed E-state index contributed by atoms with van der Waals surface area (Å²) in [4.78, 5) is 4.70. The maximum Gasteiger partial charge on any atom is 0.218 e. The fourth-order valence-corrected chi connectivity index (χ4v) is 2.54. The number of hydrogen-bond acceptors (Lipinski definition) is 5. The van der Waals surface area contributed by atoms with E-state index in [0.29, 0.717) is 18.1 Å². The standard InChI is InChI=1S/C14H16N6/c15-13(14-17-19-20-18-14)11-7-4-8-12(11)16-9-10-5-2-1-3-6-10/h1-3,5-6,11,15H,4,7-9H2,(H,17,18,19,20). The van der Waals surface area contributed by atoms with Crippen LogP contribution in [0.15, 0.2) is 35.3 Å². The van der Waals surface area contributed by atoms with Gasteiger partial charge in [-0.15, -0.1) is 10.2 Å². The zero-order chi connectivity index (χ0) is 13.8. The molecule has 1 unspecified atom stereocenters. The van der Waals surface area contributed by atoms with Gasteiger partial charge in [-0.25, -0.2) is 0 Å². The van der Waals surface area contributed by atoms with Crippen LogP contribution in [0.3, 0.4) is 0 Å². The number of aromatic amines is 1. The van der Waals surface area contributed by atoms with E-state index in [2.05, 4.69) is 32.8 Å². The Morgan fingerprint density at radius 2 is 2.20 bits per heavy atom. The first-order valence-corrected chi connectivity index (χ1v) is 6.74. The van der Waals surface area contributed by atoms with Crippen LogP contribution in [0, 0.1) is 11.3 Å². The second kappa shape index (κ2) is 5.73. The number of nitrogens with zero attached hydrogens (tertiary/aromatic N) is 4. The average Bonchev–Trinajstić information content (AvgIpc) is 3.17. The number of H-pyrrole nitrogens is 1. The summed E-state index contributed by atoms with van der Waals surface area (Å²) >= 11 is 0. The number of aliphatic imine (C=N–C) groups is 1. The molecule has 1 atom stereocenters. The Balaban J connectivity index is 1.74. The smallest absolute Gasteiger partial charge is 0.218 e. The molecule has 1 fully saturated rings. The number of rotatable bonds is 4. The Morgan fingerprint density at radius 1 is 1.35 bits per heavy atom. The summed E-state index contributed by atoms with van der Waals surface area (Å²) in [5, 5.41) is 21.9. The van der Waals surface area contributed by atoms with E-state index in [-0.39, 0.29) is 5.92 Å². The largest absolute Gasteiger partial charge is 0.301 e. The number of nitrogens with one attached hydrogen (secondary N) is 2. The quantitative estimate of drug-likeness (QED) is 0.831. The molecule has 2 N–H and O–H groups in total. The molecule has 1 aliphatic carbocycles. The van der Waals surface area contributed by atoms with Crippen LogP contribution in [0.25, 0.3) is 0 Å². The third-order valence-electron chi connectivity index (χ3n) is 3.57. The second-order valence-corrected chi connectivity index (χ2v) is 4.89. The molecule has 1 aromatic carbocycles. The van der Waals surface area contributed by atoms with Crippen molar-refractivity contribution in [1.82, 2.24) is 20.6 Å². The van der Waals surface area contributed by atoms with Crippen LogP contribution < -0.4 is 0 Å². The van der Waals surface area contributed by atoms with Gasteiger partial charge in [-0.2, -0.15) is 5.21 Å². The molecule has 0 bridgehead atoms. The van der Waals surface area contributed by atoms with Crippen molar-refractivity contribution in [2.24, 2.45) is 10.9 Å². The lowest BCUT2D eigenvalue weighted by Crippen LogP contribution is -2.20. The lowest BCUT2D eigenvalue weighted by molar-refractivity contribution is 0.804. The Labute approximate surface area is 116 Å². The van der Waals surface area contributed by atoms with Crippen LogP contribution in [-0.4, -0.2) is 32.0 Å². The highest BCUT2D eigenvalue weighted by atomic mass is 15.5. The van der Waals surface area contributed by atoms with Crippen molar-refractivity contribution in [3.05, 3.63) is 41.7 Å². The van der Waals surface area contributed by atoms with Gasteiger partial charge in [0.25, 0.3) is 0 Å². The number of aromatic nitrogens is 4. The highest BCUT2D eigenvalue weighted by Gasteiger charge is 2.29. The molecule has 1 saturated carbocycles. The average molecular weight is 268 g/mol. The highest BCUT2D eigenvalue weighted by Crippen LogP contribution is 2.25. The van der Waals surface area contributed by atoms with Crippen molar-refractivity contribution < 1.29 is 0 Å². The minimum absolute atomic E-state index is 0.0383. The van der Waals surface area contributed by atoms with E-state index < -0.39 is 0 Å². The van der Waals surface area contributed by atoms with Crippen LogP contribution in [0.2, 0.25) is 0 Å². The molecule has 1 aliphatic rings. The molecule has 0 amide bonds. The van der Waals surface area contributed by atoms with Crippen molar-refractivity contribution in [3.8, 4) is 0 Å². The third-order valence-corrected chi connectivity index (χ3v) is 3.57. The molecule has 1 heterocycles. The van der Waals surface area contributed by atoms with Crippen molar-refractivity contribution in [2.75, 3.05) is 0 Å². The molecule has 0 radical (unpaired) electrons. The third kappa shape index (κ3) is 2.64. The molecule has 6 nitrogen and oxygen atoms in total.